The Bertz CT molecular complexity index is 241. The first kappa shape index (κ1) is 21.8. The van der Waals surface area contributed by atoms with Crippen molar-refractivity contribution in [3.8, 4) is 0 Å². The van der Waals surface area contributed by atoms with Gasteiger partial charge in [-0.05, 0) is 39.5 Å². The molecule has 0 N–H and O–H groups in total. The van der Waals surface area contributed by atoms with Gasteiger partial charge in [0.1, 0.15) is 0 Å². The molecule has 0 aromatic heterocycles. The van der Waals surface area contributed by atoms with Crippen molar-refractivity contribution < 1.29 is 29.0 Å². The molecule has 0 saturated heterocycles. The second-order valence-electron chi connectivity index (χ2n) is 5.68. The fourth-order valence-electron chi connectivity index (χ4n) is 1.93. The van der Waals surface area contributed by atoms with E-state index in [1.165, 1.54) is 0 Å². The molecule has 0 aromatic rings. The van der Waals surface area contributed by atoms with Crippen LogP contribution in [0.5, 0.6) is 0 Å². The number of hydrogen-bond acceptors (Lipinski definition) is 6. The van der Waals surface area contributed by atoms with Crippen molar-refractivity contribution in [1.29, 1.82) is 0 Å². The van der Waals surface area contributed by atoms with Gasteiger partial charge in [0.15, 0.2) is 12.6 Å². The van der Waals surface area contributed by atoms with Crippen LogP contribution >= 0.6 is 0 Å². The van der Waals surface area contributed by atoms with Crippen molar-refractivity contribution in [1.82, 2.24) is 0 Å². The number of ether oxygens (including phenoxy) is 2. The van der Waals surface area contributed by atoms with Gasteiger partial charge in [-0.15, -0.1) is 0 Å². The molecular formula is C16H34O6. The SMILES string of the molecule is CCOC(CC)OOC(C)(CC(C)C)OOC(CC)OCC. The Balaban J connectivity index is 4.55. The van der Waals surface area contributed by atoms with Gasteiger partial charge in [0.05, 0.1) is 0 Å². The minimum absolute atomic E-state index is 0.344. The Labute approximate surface area is 135 Å². The zero-order valence-electron chi connectivity index (χ0n) is 15.2. The van der Waals surface area contributed by atoms with Crippen molar-refractivity contribution >= 4 is 0 Å². The fraction of sp³-hybridized carbons (Fsp3) is 1.00. The predicted molar refractivity (Wildman–Crippen MR) is 83.6 cm³/mol. The zero-order chi connectivity index (χ0) is 17.0. The van der Waals surface area contributed by atoms with Crippen LogP contribution in [0, 0.1) is 5.92 Å². The summed E-state index contributed by atoms with van der Waals surface area (Å²) in [5.41, 5.74) is 0. The van der Waals surface area contributed by atoms with E-state index in [1.54, 1.807) is 6.92 Å². The summed E-state index contributed by atoms with van der Waals surface area (Å²) in [6.07, 6.45) is 1.13. The van der Waals surface area contributed by atoms with Crippen LogP contribution in [0.4, 0.5) is 0 Å². The minimum Gasteiger partial charge on any atom is -0.350 e. The van der Waals surface area contributed by atoms with Gasteiger partial charge in [-0.1, -0.05) is 27.7 Å². The molecule has 2 unspecified atom stereocenters. The molecule has 0 saturated carbocycles. The van der Waals surface area contributed by atoms with Crippen LogP contribution in [0.25, 0.3) is 0 Å². The maximum atomic E-state index is 5.49. The highest BCUT2D eigenvalue weighted by atomic mass is 17.3. The molecule has 0 radical (unpaired) electrons. The van der Waals surface area contributed by atoms with E-state index in [4.69, 9.17) is 29.0 Å². The number of hydrogen-bond donors (Lipinski definition) is 0. The largest absolute Gasteiger partial charge is 0.350 e. The Morgan fingerprint density at radius 1 is 0.773 bits per heavy atom. The van der Waals surface area contributed by atoms with Gasteiger partial charge in [-0.2, -0.15) is 9.78 Å². The molecule has 0 amide bonds. The van der Waals surface area contributed by atoms with Crippen LogP contribution in [-0.4, -0.2) is 31.6 Å². The third-order valence-electron chi connectivity index (χ3n) is 2.81. The summed E-state index contributed by atoms with van der Waals surface area (Å²) in [6, 6.07) is 0. The van der Waals surface area contributed by atoms with Gasteiger partial charge < -0.3 is 9.47 Å². The monoisotopic (exact) mass is 322 g/mol. The summed E-state index contributed by atoms with van der Waals surface area (Å²) >= 11 is 0. The standard InChI is InChI=1S/C16H34O6/c1-8-14(17-10-3)19-21-16(7,12-13(5)6)22-20-15(9-2)18-11-4/h13-15H,8-12H2,1-7H3. The molecule has 0 bridgehead atoms. The lowest BCUT2D eigenvalue weighted by atomic mass is 10.0. The Kier molecular flexibility index (Phi) is 12.1. The average molecular weight is 322 g/mol. The summed E-state index contributed by atoms with van der Waals surface area (Å²) in [5, 5.41) is 0. The highest BCUT2D eigenvalue weighted by Crippen LogP contribution is 2.25. The molecule has 0 fully saturated rings. The second-order valence-corrected chi connectivity index (χ2v) is 5.68. The highest BCUT2D eigenvalue weighted by molar-refractivity contribution is 4.62. The first-order valence-electron chi connectivity index (χ1n) is 8.32. The van der Waals surface area contributed by atoms with Gasteiger partial charge in [-0.25, -0.2) is 9.78 Å². The lowest BCUT2D eigenvalue weighted by Gasteiger charge is -2.31. The van der Waals surface area contributed by atoms with E-state index in [0.29, 0.717) is 38.4 Å². The van der Waals surface area contributed by atoms with E-state index < -0.39 is 18.4 Å². The molecule has 2 atom stereocenters. The van der Waals surface area contributed by atoms with Crippen LogP contribution in [0.15, 0.2) is 0 Å². The van der Waals surface area contributed by atoms with E-state index in [0.717, 1.165) is 0 Å². The van der Waals surface area contributed by atoms with Gasteiger partial charge in [0.2, 0.25) is 5.79 Å². The van der Waals surface area contributed by atoms with E-state index in [2.05, 4.69) is 13.8 Å². The first-order valence-corrected chi connectivity index (χ1v) is 8.32. The minimum atomic E-state index is -1.02. The highest BCUT2D eigenvalue weighted by Gasteiger charge is 2.33. The Hall–Kier alpha value is -0.240. The first-order chi connectivity index (χ1) is 10.4. The molecule has 0 aliphatic heterocycles. The predicted octanol–water partition coefficient (Wildman–Crippen LogP) is 4.19. The van der Waals surface area contributed by atoms with Crippen molar-refractivity contribution in [3.63, 3.8) is 0 Å². The molecule has 6 heteroatoms. The third kappa shape index (κ3) is 9.71. The second kappa shape index (κ2) is 12.2. The molecule has 0 aromatic carbocycles. The molecule has 0 rings (SSSR count). The van der Waals surface area contributed by atoms with Crippen LogP contribution < -0.4 is 0 Å². The van der Waals surface area contributed by atoms with Gasteiger partial charge in [0.25, 0.3) is 0 Å². The third-order valence-corrected chi connectivity index (χ3v) is 2.81. The van der Waals surface area contributed by atoms with E-state index >= 15 is 0 Å². The molecule has 0 heterocycles. The Morgan fingerprint density at radius 2 is 1.18 bits per heavy atom. The molecule has 0 aliphatic carbocycles. The quantitative estimate of drug-likeness (QED) is 0.271. The van der Waals surface area contributed by atoms with Crippen LogP contribution in [-0.2, 0) is 29.0 Å². The molecule has 6 nitrogen and oxygen atoms in total. The summed E-state index contributed by atoms with van der Waals surface area (Å²) in [5.74, 6) is -0.681. The molecule has 22 heavy (non-hydrogen) atoms. The summed E-state index contributed by atoms with van der Waals surface area (Å²) in [6.45, 7) is 14.8. The Morgan fingerprint density at radius 3 is 1.45 bits per heavy atom. The summed E-state index contributed by atoms with van der Waals surface area (Å²) < 4.78 is 10.8. The molecule has 0 aliphatic rings. The van der Waals surface area contributed by atoms with E-state index in [9.17, 15) is 0 Å². The average Bonchev–Trinajstić information content (AvgIpc) is 2.47. The van der Waals surface area contributed by atoms with Crippen LogP contribution in [0.1, 0.15) is 67.7 Å². The summed E-state index contributed by atoms with van der Waals surface area (Å²) in [7, 11) is 0. The van der Waals surface area contributed by atoms with Crippen molar-refractivity contribution in [2.45, 2.75) is 86.1 Å². The summed E-state index contributed by atoms with van der Waals surface area (Å²) in [4.78, 5) is 21.7. The maximum Gasteiger partial charge on any atom is 0.231 e. The van der Waals surface area contributed by atoms with Gasteiger partial charge >= 0.3 is 0 Å². The zero-order valence-corrected chi connectivity index (χ0v) is 15.2. The smallest absolute Gasteiger partial charge is 0.231 e. The van der Waals surface area contributed by atoms with Crippen LogP contribution in [0.3, 0.4) is 0 Å². The lowest BCUT2D eigenvalue weighted by molar-refractivity contribution is -0.548. The number of rotatable bonds is 14. The van der Waals surface area contributed by atoms with Crippen molar-refractivity contribution in [3.05, 3.63) is 0 Å². The van der Waals surface area contributed by atoms with E-state index in [1.807, 2.05) is 27.7 Å². The van der Waals surface area contributed by atoms with Gasteiger partial charge in [-0.3, -0.25) is 0 Å². The topological polar surface area (TPSA) is 55.4 Å². The molecule has 0 spiro atoms. The van der Waals surface area contributed by atoms with Crippen molar-refractivity contribution in [2.75, 3.05) is 13.2 Å². The maximum absolute atomic E-state index is 5.49. The fourth-order valence-corrected chi connectivity index (χ4v) is 1.93. The van der Waals surface area contributed by atoms with E-state index in [-0.39, 0.29) is 0 Å². The lowest BCUT2D eigenvalue weighted by Crippen LogP contribution is -2.38. The van der Waals surface area contributed by atoms with Gasteiger partial charge in [0, 0.05) is 19.6 Å². The van der Waals surface area contributed by atoms with Crippen LogP contribution in [0.2, 0.25) is 0 Å². The van der Waals surface area contributed by atoms with Crippen molar-refractivity contribution in [2.24, 2.45) is 5.92 Å². The molecular weight excluding hydrogens is 288 g/mol. The normalized spacial score (nSPS) is 17.5. The molecule has 134 valence electrons.